The number of hydrogen-bond acceptors (Lipinski definition) is 2. The minimum absolute atomic E-state index is 0.259. The molecule has 0 aromatic heterocycles. The van der Waals surface area contributed by atoms with Crippen LogP contribution in [0.25, 0.3) is 0 Å². The first-order chi connectivity index (χ1) is 9.22. The average Bonchev–Trinajstić information content (AvgIpc) is 2.75. The number of rotatable bonds is 2. The lowest BCUT2D eigenvalue weighted by atomic mass is 9.90. The first-order valence-electron chi connectivity index (χ1n) is 7.91. The topological polar surface area (TPSA) is 35.6 Å². The van der Waals surface area contributed by atoms with Gasteiger partial charge in [0.1, 0.15) is 0 Å². The summed E-state index contributed by atoms with van der Waals surface area (Å²) in [6.45, 7) is 1.91. The van der Waals surface area contributed by atoms with E-state index in [0.29, 0.717) is 12.1 Å². The van der Waals surface area contributed by atoms with Crippen molar-refractivity contribution in [3.8, 4) is 0 Å². The van der Waals surface area contributed by atoms with E-state index in [1.54, 1.807) is 0 Å². The molecular weight excluding hydrogens is 238 g/mol. The highest BCUT2D eigenvalue weighted by Crippen LogP contribution is 2.23. The molecule has 1 saturated heterocycles. The van der Waals surface area contributed by atoms with Crippen molar-refractivity contribution in [3.05, 3.63) is 0 Å². The van der Waals surface area contributed by atoms with Crippen LogP contribution in [-0.2, 0) is 0 Å². The predicted molar refractivity (Wildman–Crippen MR) is 78.3 cm³/mol. The van der Waals surface area contributed by atoms with Crippen LogP contribution in [0.2, 0.25) is 0 Å². The smallest absolute Gasteiger partial charge is 0.319 e. The van der Waals surface area contributed by atoms with Crippen LogP contribution >= 0.6 is 0 Å². The van der Waals surface area contributed by atoms with Crippen LogP contribution in [0.3, 0.4) is 0 Å². The highest BCUT2D eigenvalue weighted by atomic mass is 16.2. The maximum absolute atomic E-state index is 12.5. The van der Waals surface area contributed by atoms with Gasteiger partial charge >= 0.3 is 6.03 Å². The molecule has 2 aliphatic rings. The fraction of sp³-hybridized carbons (Fsp3) is 0.933. The summed E-state index contributed by atoms with van der Waals surface area (Å²) in [7, 11) is 4.04. The van der Waals surface area contributed by atoms with E-state index >= 15 is 0 Å². The quantitative estimate of drug-likeness (QED) is 0.834. The second kappa shape index (κ2) is 7.13. The summed E-state index contributed by atoms with van der Waals surface area (Å²) < 4.78 is 0. The molecule has 19 heavy (non-hydrogen) atoms. The fourth-order valence-electron chi connectivity index (χ4n) is 3.39. The van der Waals surface area contributed by atoms with Gasteiger partial charge in [0.2, 0.25) is 0 Å². The monoisotopic (exact) mass is 267 g/mol. The van der Waals surface area contributed by atoms with Gasteiger partial charge < -0.3 is 15.1 Å². The zero-order valence-electron chi connectivity index (χ0n) is 12.5. The van der Waals surface area contributed by atoms with Crippen LogP contribution in [0.5, 0.6) is 0 Å². The van der Waals surface area contributed by atoms with Crippen LogP contribution < -0.4 is 5.32 Å². The molecular formula is C15H29N3O. The Kier molecular flexibility index (Phi) is 5.49. The molecule has 1 aliphatic heterocycles. The lowest BCUT2D eigenvalue weighted by Crippen LogP contribution is -2.48. The van der Waals surface area contributed by atoms with Crippen molar-refractivity contribution in [1.82, 2.24) is 15.1 Å². The number of carbonyl (C=O) groups excluding carboxylic acids is 1. The number of carbonyl (C=O) groups is 1. The van der Waals surface area contributed by atoms with Crippen LogP contribution in [0.1, 0.15) is 51.4 Å². The van der Waals surface area contributed by atoms with E-state index in [0.717, 1.165) is 25.9 Å². The molecule has 0 aromatic carbocycles. The van der Waals surface area contributed by atoms with E-state index in [1.165, 1.54) is 38.5 Å². The zero-order valence-corrected chi connectivity index (χ0v) is 12.5. The second-order valence-electron chi connectivity index (χ2n) is 6.09. The van der Waals surface area contributed by atoms with Gasteiger partial charge in [-0.15, -0.1) is 0 Å². The van der Waals surface area contributed by atoms with Gasteiger partial charge in [-0.05, 0) is 45.6 Å². The van der Waals surface area contributed by atoms with Gasteiger partial charge in [0, 0.05) is 32.2 Å². The van der Waals surface area contributed by atoms with E-state index < -0.39 is 0 Å². The number of amides is 2. The number of likely N-dealkylation sites (tertiary alicyclic amines) is 1. The van der Waals surface area contributed by atoms with Gasteiger partial charge in [-0.3, -0.25) is 0 Å². The molecule has 0 atom stereocenters. The highest BCUT2D eigenvalue weighted by Gasteiger charge is 2.28. The van der Waals surface area contributed by atoms with Crippen LogP contribution in [0.4, 0.5) is 4.79 Å². The van der Waals surface area contributed by atoms with Crippen molar-refractivity contribution in [2.75, 3.05) is 27.2 Å². The standard InChI is InChI=1S/C15H29N3O/c1-16-13-7-9-14(10-8-13)17(2)15(19)18-11-5-3-4-6-12-18/h13-14,16H,3-12H2,1-2H3. The van der Waals surface area contributed by atoms with Gasteiger partial charge in [0.05, 0.1) is 0 Å². The van der Waals surface area contributed by atoms with Crippen molar-refractivity contribution < 1.29 is 4.79 Å². The zero-order chi connectivity index (χ0) is 13.7. The van der Waals surface area contributed by atoms with Crippen LogP contribution in [-0.4, -0.2) is 55.1 Å². The first-order valence-corrected chi connectivity index (χ1v) is 7.91. The molecule has 1 saturated carbocycles. The van der Waals surface area contributed by atoms with Gasteiger partial charge in [-0.1, -0.05) is 12.8 Å². The lowest BCUT2D eigenvalue weighted by molar-refractivity contribution is 0.131. The molecule has 1 heterocycles. The van der Waals surface area contributed by atoms with Crippen LogP contribution in [0.15, 0.2) is 0 Å². The predicted octanol–water partition coefficient (Wildman–Crippen LogP) is 2.44. The Labute approximate surface area is 117 Å². The van der Waals surface area contributed by atoms with E-state index in [9.17, 15) is 4.79 Å². The molecule has 2 amide bonds. The van der Waals surface area contributed by atoms with E-state index in [-0.39, 0.29) is 6.03 Å². The Morgan fingerprint density at radius 3 is 2.16 bits per heavy atom. The summed E-state index contributed by atoms with van der Waals surface area (Å²) in [6, 6.07) is 1.35. The van der Waals surface area contributed by atoms with Crippen molar-refractivity contribution in [2.45, 2.75) is 63.5 Å². The molecule has 1 aliphatic carbocycles. The SMILES string of the molecule is CNC1CCC(N(C)C(=O)N2CCCCCC2)CC1. The summed E-state index contributed by atoms with van der Waals surface area (Å²) in [6.07, 6.45) is 9.57. The second-order valence-corrected chi connectivity index (χ2v) is 6.09. The fourth-order valence-corrected chi connectivity index (χ4v) is 3.39. The number of hydrogen-bond donors (Lipinski definition) is 1. The third kappa shape index (κ3) is 3.85. The molecule has 0 aromatic rings. The Hall–Kier alpha value is -0.770. The minimum Gasteiger partial charge on any atom is -0.325 e. The van der Waals surface area contributed by atoms with Gasteiger partial charge in [0.15, 0.2) is 0 Å². The van der Waals surface area contributed by atoms with Crippen molar-refractivity contribution in [3.63, 3.8) is 0 Å². The van der Waals surface area contributed by atoms with E-state index in [2.05, 4.69) is 10.2 Å². The average molecular weight is 267 g/mol. The first kappa shape index (κ1) is 14.6. The molecule has 0 bridgehead atoms. The maximum atomic E-state index is 12.5. The summed E-state index contributed by atoms with van der Waals surface area (Å²) in [5.41, 5.74) is 0. The largest absolute Gasteiger partial charge is 0.325 e. The Morgan fingerprint density at radius 2 is 1.63 bits per heavy atom. The van der Waals surface area contributed by atoms with E-state index in [1.807, 2.05) is 19.0 Å². The summed E-state index contributed by atoms with van der Waals surface area (Å²) in [5.74, 6) is 0. The summed E-state index contributed by atoms with van der Waals surface area (Å²) >= 11 is 0. The molecule has 4 nitrogen and oxygen atoms in total. The van der Waals surface area contributed by atoms with Crippen molar-refractivity contribution in [1.29, 1.82) is 0 Å². The summed E-state index contributed by atoms with van der Waals surface area (Å²) in [5, 5.41) is 3.35. The third-order valence-corrected chi connectivity index (χ3v) is 4.83. The molecule has 2 fully saturated rings. The third-order valence-electron chi connectivity index (χ3n) is 4.83. The van der Waals surface area contributed by atoms with Gasteiger partial charge in [-0.25, -0.2) is 4.79 Å². The Morgan fingerprint density at radius 1 is 1.05 bits per heavy atom. The molecule has 1 N–H and O–H groups in total. The summed E-state index contributed by atoms with van der Waals surface area (Å²) in [4.78, 5) is 16.6. The van der Waals surface area contributed by atoms with Crippen LogP contribution in [0, 0.1) is 0 Å². The van der Waals surface area contributed by atoms with Gasteiger partial charge in [-0.2, -0.15) is 0 Å². The van der Waals surface area contributed by atoms with E-state index in [4.69, 9.17) is 0 Å². The minimum atomic E-state index is 0.259. The molecule has 2 rings (SSSR count). The van der Waals surface area contributed by atoms with Crippen molar-refractivity contribution in [2.24, 2.45) is 0 Å². The normalized spacial score (nSPS) is 28.8. The number of nitrogens with one attached hydrogen (secondary N) is 1. The highest BCUT2D eigenvalue weighted by molar-refractivity contribution is 5.74. The van der Waals surface area contributed by atoms with Crippen molar-refractivity contribution >= 4 is 6.03 Å². The molecule has 0 unspecified atom stereocenters. The lowest BCUT2D eigenvalue weighted by Gasteiger charge is -2.37. The Balaban J connectivity index is 1.84. The van der Waals surface area contributed by atoms with Gasteiger partial charge in [0.25, 0.3) is 0 Å². The number of urea groups is 1. The molecule has 4 heteroatoms. The molecule has 110 valence electrons. The maximum Gasteiger partial charge on any atom is 0.319 e. The molecule has 0 spiro atoms. The number of nitrogens with zero attached hydrogens (tertiary/aromatic N) is 2. The Bertz CT molecular complexity index is 279. The molecule has 0 radical (unpaired) electrons.